The average molecular weight is 309 g/mol. The number of aromatic hydroxyl groups is 1. The molecule has 104 valence electrons. The lowest BCUT2D eigenvalue weighted by molar-refractivity contribution is -0.143. The van der Waals surface area contributed by atoms with E-state index in [4.69, 9.17) is 17.0 Å². The number of amides is 1. The van der Waals surface area contributed by atoms with Crippen LogP contribution in [-0.4, -0.2) is 32.9 Å². The molecule has 0 saturated carbocycles. The number of phenols is 1. The lowest BCUT2D eigenvalue weighted by atomic mass is 10.2. The van der Waals surface area contributed by atoms with Crippen LogP contribution in [0, 0.1) is 0 Å². The number of hydrogen-bond acceptors (Lipinski definition) is 6. The van der Waals surface area contributed by atoms with E-state index in [1.807, 2.05) is 0 Å². The Morgan fingerprint density at radius 2 is 2.25 bits per heavy atom. The van der Waals surface area contributed by atoms with Crippen molar-refractivity contribution in [2.45, 2.75) is 13.2 Å². The zero-order chi connectivity index (χ0) is 14.7. The van der Waals surface area contributed by atoms with Gasteiger partial charge in [0.2, 0.25) is 0 Å². The van der Waals surface area contributed by atoms with Crippen LogP contribution in [0.15, 0.2) is 29.2 Å². The first-order chi connectivity index (χ1) is 9.52. The molecule has 2 rings (SSSR count). The summed E-state index contributed by atoms with van der Waals surface area (Å²) in [7, 11) is 0. The van der Waals surface area contributed by atoms with Gasteiger partial charge in [0.15, 0.2) is 10.5 Å². The smallest absolute Gasteiger partial charge is 0.295 e. The van der Waals surface area contributed by atoms with Gasteiger partial charge in [-0.3, -0.25) is 14.5 Å². The first-order valence-electron chi connectivity index (χ1n) is 5.68. The van der Waals surface area contributed by atoms with Gasteiger partial charge in [0.1, 0.15) is 5.75 Å². The highest BCUT2D eigenvalue weighted by atomic mass is 32.2. The fourth-order valence-corrected chi connectivity index (χ4v) is 3.10. The van der Waals surface area contributed by atoms with Crippen LogP contribution >= 0.6 is 24.0 Å². The molecule has 7 heteroatoms. The normalized spacial score (nSPS) is 18.4. The summed E-state index contributed by atoms with van der Waals surface area (Å²) >= 11 is 6.24. The minimum atomic E-state index is -0.741. The highest BCUT2D eigenvalue weighted by Crippen LogP contribution is 2.34. The van der Waals surface area contributed by atoms with Crippen LogP contribution in [-0.2, 0) is 14.3 Å². The maximum absolute atomic E-state index is 12.2. The molecule has 0 aliphatic carbocycles. The standard InChI is InChI=1S/C13H11NO4S2/c1-8(18-7-15)14-12(17)11(20-13(14)19)6-9-3-2-4-10(16)5-9/h2-8,16H,1H3/b11-6-/t8-/m1/s1. The highest BCUT2D eigenvalue weighted by Gasteiger charge is 2.36. The number of nitrogens with zero attached hydrogens (tertiary/aromatic N) is 1. The summed E-state index contributed by atoms with van der Waals surface area (Å²) in [5, 5.41) is 9.40. The summed E-state index contributed by atoms with van der Waals surface area (Å²) in [6, 6.07) is 6.53. The number of benzene rings is 1. The third-order valence-electron chi connectivity index (χ3n) is 2.61. The SMILES string of the molecule is C[C@@H](OC=O)N1C(=O)/C(=C/c2cccc(O)c2)SC1=S. The fourth-order valence-electron chi connectivity index (χ4n) is 1.70. The maximum Gasteiger partial charge on any atom is 0.295 e. The summed E-state index contributed by atoms with van der Waals surface area (Å²) in [4.78, 5) is 24.2. The number of carbonyl (C=O) groups is 2. The summed E-state index contributed by atoms with van der Waals surface area (Å²) < 4.78 is 5.07. The van der Waals surface area contributed by atoms with Gasteiger partial charge in [-0.05, 0) is 30.7 Å². The van der Waals surface area contributed by atoms with Crippen LogP contribution < -0.4 is 0 Å². The Hall–Kier alpha value is -1.86. The van der Waals surface area contributed by atoms with Gasteiger partial charge in [-0.2, -0.15) is 0 Å². The average Bonchev–Trinajstić information content (AvgIpc) is 2.65. The third-order valence-corrected chi connectivity index (χ3v) is 3.94. The van der Waals surface area contributed by atoms with Crippen molar-refractivity contribution in [3.05, 3.63) is 34.7 Å². The Morgan fingerprint density at radius 3 is 2.90 bits per heavy atom. The largest absolute Gasteiger partial charge is 0.508 e. The zero-order valence-corrected chi connectivity index (χ0v) is 12.1. The Labute approximate surface area is 125 Å². The number of hydrogen-bond donors (Lipinski definition) is 1. The van der Waals surface area contributed by atoms with Gasteiger partial charge >= 0.3 is 0 Å². The van der Waals surface area contributed by atoms with Crippen LogP contribution in [0.1, 0.15) is 12.5 Å². The summed E-state index contributed by atoms with van der Waals surface area (Å²) in [5.41, 5.74) is 0.689. The van der Waals surface area contributed by atoms with Gasteiger partial charge in [0, 0.05) is 0 Å². The first-order valence-corrected chi connectivity index (χ1v) is 6.90. The molecule has 1 atom stereocenters. The molecule has 1 saturated heterocycles. The van der Waals surface area contributed by atoms with Gasteiger partial charge < -0.3 is 9.84 Å². The van der Waals surface area contributed by atoms with Crippen LogP contribution in [0.5, 0.6) is 5.75 Å². The lowest BCUT2D eigenvalue weighted by Crippen LogP contribution is -2.38. The van der Waals surface area contributed by atoms with E-state index in [-0.39, 0.29) is 18.1 Å². The van der Waals surface area contributed by atoms with E-state index in [0.29, 0.717) is 14.8 Å². The molecule has 1 aromatic carbocycles. The molecule has 1 amide bonds. The van der Waals surface area contributed by atoms with Gasteiger partial charge in [-0.25, -0.2) is 0 Å². The molecule has 1 aromatic rings. The van der Waals surface area contributed by atoms with E-state index in [1.54, 1.807) is 31.2 Å². The molecule has 1 heterocycles. The van der Waals surface area contributed by atoms with Crippen LogP contribution in [0.4, 0.5) is 0 Å². The van der Waals surface area contributed by atoms with Crippen LogP contribution in [0.3, 0.4) is 0 Å². The summed E-state index contributed by atoms with van der Waals surface area (Å²) in [6.07, 6.45) is 0.891. The van der Waals surface area contributed by atoms with E-state index in [0.717, 1.165) is 11.8 Å². The molecule has 1 fully saturated rings. The third kappa shape index (κ3) is 3.00. The number of carbonyl (C=O) groups excluding carboxylic acids is 2. The molecule has 0 unspecified atom stereocenters. The minimum absolute atomic E-state index is 0.117. The molecule has 5 nitrogen and oxygen atoms in total. The predicted octanol–water partition coefficient (Wildman–Crippen LogP) is 2.11. The van der Waals surface area contributed by atoms with Gasteiger partial charge in [0.05, 0.1) is 4.91 Å². The van der Waals surface area contributed by atoms with E-state index in [2.05, 4.69) is 0 Å². The molecule has 20 heavy (non-hydrogen) atoms. The Balaban J connectivity index is 2.25. The number of phenolic OH excluding ortho intramolecular Hbond substituents is 1. The van der Waals surface area contributed by atoms with E-state index < -0.39 is 6.23 Å². The monoisotopic (exact) mass is 309 g/mol. The van der Waals surface area contributed by atoms with Crippen molar-refractivity contribution in [3.63, 3.8) is 0 Å². The number of thiocarbonyl (C=S) groups is 1. The number of thioether (sulfide) groups is 1. The summed E-state index contributed by atoms with van der Waals surface area (Å²) in [5.74, 6) is -0.204. The lowest BCUT2D eigenvalue weighted by Gasteiger charge is -2.20. The van der Waals surface area contributed by atoms with Crippen LogP contribution in [0.2, 0.25) is 0 Å². The van der Waals surface area contributed by atoms with E-state index >= 15 is 0 Å². The van der Waals surface area contributed by atoms with Crippen LogP contribution in [0.25, 0.3) is 6.08 Å². The second kappa shape index (κ2) is 6.06. The minimum Gasteiger partial charge on any atom is -0.508 e. The topological polar surface area (TPSA) is 66.8 Å². The van der Waals surface area contributed by atoms with Crippen molar-refractivity contribution in [1.29, 1.82) is 0 Å². The van der Waals surface area contributed by atoms with Crippen molar-refractivity contribution in [3.8, 4) is 5.75 Å². The molecule has 1 aliphatic heterocycles. The highest BCUT2D eigenvalue weighted by molar-refractivity contribution is 8.26. The van der Waals surface area contributed by atoms with Gasteiger partial charge in [-0.1, -0.05) is 36.1 Å². The fraction of sp³-hybridized carbons (Fsp3) is 0.154. The Morgan fingerprint density at radius 1 is 1.50 bits per heavy atom. The molecular formula is C13H11NO4S2. The Bertz CT molecular complexity index is 600. The maximum atomic E-state index is 12.2. The van der Waals surface area contributed by atoms with Crippen molar-refractivity contribution >= 4 is 46.8 Å². The zero-order valence-electron chi connectivity index (χ0n) is 10.5. The summed E-state index contributed by atoms with van der Waals surface area (Å²) in [6.45, 7) is 1.85. The molecule has 0 radical (unpaired) electrons. The van der Waals surface area contributed by atoms with E-state index in [1.165, 1.54) is 11.0 Å². The van der Waals surface area contributed by atoms with E-state index in [9.17, 15) is 14.7 Å². The molecule has 1 N–H and O–H groups in total. The molecule has 0 bridgehead atoms. The predicted molar refractivity (Wildman–Crippen MR) is 79.7 cm³/mol. The molecule has 0 spiro atoms. The first kappa shape index (κ1) is 14.5. The van der Waals surface area contributed by atoms with Gasteiger partial charge in [-0.15, -0.1) is 0 Å². The molecular weight excluding hydrogens is 298 g/mol. The molecule has 1 aliphatic rings. The van der Waals surface area contributed by atoms with Crippen molar-refractivity contribution in [2.24, 2.45) is 0 Å². The number of rotatable bonds is 4. The number of ether oxygens (including phenoxy) is 1. The second-order valence-electron chi connectivity index (χ2n) is 3.98. The Kier molecular flexibility index (Phi) is 4.41. The van der Waals surface area contributed by atoms with Gasteiger partial charge in [0.25, 0.3) is 12.4 Å². The van der Waals surface area contributed by atoms with Crippen molar-refractivity contribution in [2.75, 3.05) is 0 Å². The second-order valence-corrected chi connectivity index (χ2v) is 5.65. The van der Waals surface area contributed by atoms with Crippen molar-refractivity contribution in [1.82, 2.24) is 4.90 Å². The molecule has 0 aromatic heterocycles. The van der Waals surface area contributed by atoms with Crippen molar-refractivity contribution < 1.29 is 19.4 Å². The quantitative estimate of drug-likeness (QED) is 0.522.